The third-order valence-corrected chi connectivity index (χ3v) is 3.58. The van der Waals surface area contributed by atoms with E-state index in [0.717, 1.165) is 10.9 Å². The maximum absolute atomic E-state index is 11.1. The van der Waals surface area contributed by atoms with E-state index in [0.29, 0.717) is 10.1 Å². The number of carbonyl (C=O) groups is 1. The van der Waals surface area contributed by atoms with Gasteiger partial charge in [-0.15, -0.1) is 0 Å². The van der Waals surface area contributed by atoms with E-state index in [-0.39, 0.29) is 5.69 Å². The third-order valence-electron chi connectivity index (χ3n) is 2.57. The Kier molecular flexibility index (Phi) is 3.26. The Morgan fingerprint density at radius 3 is 2.65 bits per heavy atom. The number of hydrogen-bond donors (Lipinski definition) is 1. The van der Waals surface area contributed by atoms with Crippen LogP contribution in [0.2, 0.25) is 0 Å². The van der Waals surface area contributed by atoms with Crippen LogP contribution in [0.1, 0.15) is 10.5 Å². The van der Waals surface area contributed by atoms with Gasteiger partial charge >= 0.3 is 5.97 Å². The van der Waals surface area contributed by atoms with E-state index in [1.807, 2.05) is 24.3 Å². The van der Waals surface area contributed by atoms with Crippen LogP contribution in [0.4, 0.5) is 0 Å². The zero-order valence-corrected chi connectivity index (χ0v) is 10.9. The van der Waals surface area contributed by atoms with Crippen LogP contribution in [-0.4, -0.2) is 31.0 Å². The molecule has 2 heterocycles. The largest absolute Gasteiger partial charge is 0.476 e. The fourth-order valence-corrected chi connectivity index (χ4v) is 2.62. The highest BCUT2D eigenvalue weighted by atomic mass is 32.2. The van der Waals surface area contributed by atoms with Crippen LogP contribution >= 0.6 is 11.8 Å². The lowest BCUT2D eigenvalue weighted by Crippen LogP contribution is -2.03. The summed E-state index contributed by atoms with van der Waals surface area (Å²) >= 11 is 1.17. The van der Waals surface area contributed by atoms with Crippen LogP contribution in [0.5, 0.6) is 0 Å². The zero-order chi connectivity index (χ0) is 13.9. The Balaban J connectivity index is 2.08. The molecule has 3 aromatic rings. The lowest BCUT2D eigenvalue weighted by Gasteiger charge is -2.05. The Morgan fingerprint density at radius 2 is 1.80 bits per heavy atom. The number of aromatic nitrogens is 4. The highest BCUT2D eigenvalue weighted by Gasteiger charge is 2.15. The standard InChI is InChI=1S/C13H8N4O2S/c18-13(19)10-12(15-6-5-14-10)20-11-8-3-1-2-4-9(8)16-7-17-11/h1-7H,(H,18,19). The van der Waals surface area contributed by atoms with E-state index in [2.05, 4.69) is 19.9 Å². The van der Waals surface area contributed by atoms with Crippen molar-refractivity contribution >= 4 is 28.6 Å². The molecule has 0 aliphatic heterocycles. The van der Waals surface area contributed by atoms with Gasteiger partial charge in [0, 0.05) is 17.8 Å². The Labute approximate surface area is 117 Å². The summed E-state index contributed by atoms with van der Waals surface area (Å²) in [5.74, 6) is -1.11. The Hall–Kier alpha value is -2.54. The van der Waals surface area contributed by atoms with E-state index >= 15 is 0 Å². The smallest absolute Gasteiger partial charge is 0.357 e. The number of benzene rings is 1. The van der Waals surface area contributed by atoms with E-state index in [1.165, 1.54) is 30.5 Å². The van der Waals surface area contributed by atoms with Gasteiger partial charge in [0.25, 0.3) is 0 Å². The molecule has 0 unspecified atom stereocenters. The second kappa shape index (κ2) is 5.22. The maximum atomic E-state index is 11.1. The fraction of sp³-hybridized carbons (Fsp3) is 0. The second-order valence-electron chi connectivity index (χ2n) is 3.81. The fourth-order valence-electron chi connectivity index (χ4n) is 1.70. The average Bonchev–Trinajstić information content (AvgIpc) is 2.48. The van der Waals surface area contributed by atoms with Crippen molar-refractivity contribution in [1.82, 2.24) is 19.9 Å². The lowest BCUT2D eigenvalue weighted by atomic mass is 10.2. The summed E-state index contributed by atoms with van der Waals surface area (Å²) in [5.41, 5.74) is 0.714. The number of carboxylic acids is 1. The molecule has 0 saturated heterocycles. The summed E-state index contributed by atoms with van der Waals surface area (Å²) in [4.78, 5) is 27.4. The van der Waals surface area contributed by atoms with Crippen LogP contribution in [0.3, 0.4) is 0 Å². The third kappa shape index (κ3) is 2.30. The number of rotatable bonds is 3. The second-order valence-corrected chi connectivity index (χ2v) is 4.79. The molecule has 7 heteroatoms. The number of aromatic carboxylic acids is 1. The van der Waals surface area contributed by atoms with Crippen molar-refractivity contribution in [3.8, 4) is 0 Å². The molecule has 0 aliphatic rings. The molecule has 3 rings (SSSR count). The van der Waals surface area contributed by atoms with Crippen LogP contribution in [0.25, 0.3) is 10.9 Å². The van der Waals surface area contributed by atoms with E-state index in [4.69, 9.17) is 5.11 Å². The molecular formula is C13H8N4O2S. The Bertz CT molecular complexity index is 789. The number of hydrogen-bond acceptors (Lipinski definition) is 6. The predicted octanol–water partition coefficient (Wildman–Crippen LogP) is 2.27. The van der Waals surface area contributed by atoms with Gasteiger partial charge in [0.15, 0.2) is 5.69 Å². The van der Waals surface area contributed by atoms with Crippen molar-refractivity contribution in [3.63, 3.8) is 0 Å². The SMILES string of the molecule is O=C(O)c1nccnc1Sc1ncnc2ccccc12. The molecule has 2 aromatic heterocycles. The minimum absolute atomic E-state index is 0.0832. The summed E-state index contributed by atoms with van der Waals surface area (Å²) in [7, 11) is 0. The van der Waals surface area contributed by atoms with Gasteiger partial charge in [-0.2, -0.15) is 0 Å². The van der Waals surface area contributed by atoms with Crippen LogP contribution in [0.15, 0.2) is 53.0 Å². The zero-order valence-electron chi connectivity index (χ0n) is 10.1. The number of nitrogens with zero attached hydrogens (tertiary/aromatic N) is 4. The van der Waals surface area contributed by atoms with Gasteiger partial charge in [-0.1, -0.05) is 18.2 Å². The highest BCUT2D eigenvalue weighted by molar-refractivity contribution is 7.99. The first kappa shape index (κ1) is 12.5. The first-order chi connectivity index (χ1) is 9.75. The molecule has 0 fully saturated rings. The summed E-state index contributed by atoms with van der Waals surface area (Å²) in [6.45, 7) is 0. The number of carboxylic acid groups (broad SMARTS) is 1. The van der Waals surface area contributed by atoms with Crippen molar-refractivity contribution in [3.05, 3.63) is 48.7 Å². The van der Waals surface area contributed by atoms with Crippen LogP contribution in [-0.2, 0) is 0 Å². The first-order valence-corrected chi connectivity index (χ1v) is 6.49. The van der Waals surface area contributed by atoms with Gasteiger partial charge in [0.05, 0.1) is 5.52 Å². The van der Waals surface area contributed by atoms with Crippen molar-refractivity contribution in [2.75, 3.05) is 0 Å². The monoisotopic (exact) mass is 284 g/mol. The lowest BCUT2D eigenvalue weighted by molar-refractivity contribution is 0.0685. The van der Waals surface area contributed by atoms with Gasteiger partial charge in [0.1, 0.15) is 16.4 Å². The molecule has 6 nitrogen and oxygen atoms in total. The molecule has 0 aliphatic carbocycles. The van der Waals surface area contributed by atoms with Gasteiger partial charge < -0.3 is 5.11 Å². The van der Waals surface area contributed by atoms with E-state index < -0.39 is 5.97 Å². The molecule has 0 saturated carbocycles. The summed E-state index contributed by atoms with van der Waals surface area (Å²) in [5, 5.41) is 10.9. The minimum Gasteiger partial charge on any atom is -0.476 e. The molecule has 0 amide bonds. The molecule has 20 heavy (non-hydrogen) atoms. The Morgan fingerprint density at radius 1 is 1.00 bits per heavy atom. The van der Waals surface area contributed by atoms with Crippen molar-refractivity contribution in [2.45, 2.75) is 10.1 Å². The van der Waals surface area contributed by atoms with Crippen molar-refractivity contribution in [1.29, 1.82) is 0 Å². The molecular weight excluding hydrogens is 276 g/mol. The van der Waals surface area contributed by atoms with E-state index in [1.54, 1.807) is 0 Å². The average molecular weight is 284 g/mol. The quantitative estimate of drug-likeness (QED) is 0.738. The normalized spacial score (nSPS) is 10.6. The molecule has 1 aromatic carbocycles. The maximum Gasteiger partial charge on any atom is 0.357 e. The van der Waals surface area contributed by atoms with Gasteiger partial charge in [-0.3, -0.25) is 0 Å². The minimum atomic E-state index is -1.11. The number of fused-ring (bicyclic) bond motifs is 1. The van der Waals surface area contributed by atoms with Crippen molar-refractivity contribution < 1.29 is 9.90 Å². The molecule has 0 atom stereocenters. The summed E-state index contributed by atoms with van der Waals surface area (Å²) in [6, 6.07) is 7.52. The molecule has 1 N–H and O–H groups in total. The van der Waals surface area contributed by atoms with Gasteiger partial charge in [-0.25, -0.2) is 24.7 Å². The highest BCUT2D eigenvalue weighted by Crippen LogP contribution is 2.30. The predicted molar refractivity (Wildman–Crippen MR) is 72.7 cm³/mol. The van der Waals surface area contributed by atoms with E-state index in [9.17, 15) is 4.79 Å². The van der Waals surface area contributed by atoms with Crippen molar-refractivity contribution in [2.24, 2.45) is 0 Å². The first-order valence-electron chi connectivity index (χ1n) is 5.67. The number of para-hydroxylation sites is 1. The van der Waals surface area contributed by atoms with Crippen LogP contribution < -0.4 is 0 Å². The molecule has 0 bridgehead atoms. The molecule has 0 radical (unpaired) electrons. The molecule has 0 spiro atoms. The summed E-state index contributed by atoms with van der Waals surface area (Å²) in [6.07, 6.45) is 4.26. The summed E-state index contributed by atoms with van der Waals surface area (Å²) < 4.78 is 0. The van der Waals surface area contributed by atoms with Gasteiger partial charge in [0.2, 0.25) is 0 Å². The molecule has 98 valence electrons. The van der Waals surface area contributed by atoms with Crippen LogP contribution in [0, 0.1) is 0 Å². The van der Waals surface area contributed by atoms with Gasteiger partial charge in [-0.05, 0) is 17.8 Å². The topological polar surface area (TPSA) is 88.9 Å².